The minimum absolute atomic E-state index is 0.0561. The summed E-state index contributed by atoms with van der Waals surface area (Å²) in [7, 11) is 0. The Labute approximate surface area is 151 Å². The molecule has 0 unspecified atom stereocenters. The Balaban J connectivity index is 1.52. The Bertz CT molecular complexity index is 1030. The number of aromatic nitrogens is 3. The lowest BCUT2D eigenvalue weighted by atomic mass is 10.2. The first-order valence-corrected chi connectivity index (χ1v) is 8.67. The van der Waals surface area contributed by atoms with Crippen molar-refractivity contribution in [1.82, 2.24) is 14.1 Å². The maximum absolute atomic E-state index is 12.5. The largest absolute Gasteiger partial charge is 0.322 e. The van der Waals surface area contributed by atoms with E-state index in [0.29, 0.717) is 11.3 Å². The number of benzene rings is 1. The lowest BCUT2D eigenvalue weighted by molar-refractivity contribution is 0.102. The van der Waals surface area contributed by atoms with Gasteiger partial charge in [0, 0.05) is 35.4 Å². The van der Waals surface area contributed by atoms with Gasteiger partial charge in [0.2, 0.25) is 0 Å². The highest BCUT2D eigenvalue weighted by Gasteiger charge is 2.25. The van der Waals surface area contributed by atoms with Gasteiger partial charge >= 0.3 is 0 Å². The van der Waals surface area contributed by atoms with E-state index in [2.05, 4.69) is 10.3 Å². The summed E-state index contributed by atoms with van der Waals surface area (Å²) in [4.78, 5) is 28.7. The quantitative estimate of drug-likeness (QED) is 0.787. The molecule has 1 aliphatic carbocycles. The first-order chi connectivity index (χ1) is 12.5. The average Bonchev–Trinajstić information content (AvgIpc) is 3.43. The average molecular weight is 348 g/mol. The number of carbonyl (C=O) groups is 1. The predicted molar refractivity (Wildman–Crippen MR) is 100.0 cm³/mol. The third-order valence-electron chi connectivity index (χ3n) is 4.80. The van der Waals surface area contributed by atoms with E-state index >= 15 is 0 Å². The third kappa shape index (κ3) is 3.06. The third-order valence-corrected chi connectivity index (χ3v) is 4.80. The molecule has 3 aromatic rings. The minimum atomic E-state index is -0.221. The molecule has 1 aliphatic rings. The number of carbonyl (C=O) groups excluding carboxylic acids is 1. The number of nitrogens with one attached hydrogen (secondary N) is 1. The molecule has 6 heteroatoms. The van der Waals surface area contributed by atoms with E-state index in [0.717, 1.165) is 29.9 Å². The van der Waals surface area contributed by atoms with Gasteiger partial charge in [0.25, 0.3) is 11.5 Å². The van der Waals surface area contributed by atoms with Crippen LogP contribution in [-0.4, -0.2) is 20.0 Å². The van der Waals surface area contributed by atoms with Gasteiger partial charge in [-0.1, -0.05) is 0 Å². The summed E-state index contributed by atoms with van der Waals surface area (Å²) in [6.07, 6.45) is 5.44. The second-order valence-electron chi connectivity index (χ2n) is 6.68. The molecule has 1 aromatic carbocycles. The Morgan fingerprint density at radius 1 is 1.12 bits per heavy atom. The van der Waals surface area contributed by atoms with E-state index in [4.69, 9.17) is 0 Å². The summed E-state index contributed by atoms with van der Waals surface area (Å²) in [5.74, 6) is -0.221. The molecule has 2 aromatic heterocycles. The van der Waals surface area contributed by atoms with E-state index in [1.54, 1.807) is 23.2 Å². The van der Waals surface area contributed by atoms with Gasteiger partial charge in [-0.05, 0) is 57.0 Å². The van der Waals surface area contributed by atoms with Crippen LogP contribution < -0.4 is 10.9 Å². The monoisotopic (exact) mass is 348 g/mol. The van der Waals surface area contributed by atoms with Crippen LogP contribution >= 0.6 is 0 Å². The number of anilines is 1. The van der Waals surface area contributed by atoms with Crippen LogP contribution in [0.2, 0.25) is 0 Å². The molecule has 0 saturated heterocycles. The van der Waals surface area contributed by atoms with Crippen LogP contribution in [0.3, 0.4) is 0 Å². The Kier molecular flexibility index (Phi) is 3.95. The standard InChI is InChI=1S/C20H20N4O2/c1-13-14(2)24(12-21-13)18-6-4-16(5-7-18)22-20(26)15-3-10-19(25)23(11-15)17-8-9-17/h3-7,10-12,17H,8-9H2,1-2H3,(H,22,26). The van der Waals surface area contributed by atoms with Crippen molar-refractivity contribution in [2.45, 2.75) is 32.7 Å². The van der Waals surface area contributed by atoms with Gasteiger partial charge in [0.15, 0.2) is 0 Å². The second kappa shape index (κ2) is 6.29. The predicted octanol–water partition coefficient (Wildman–Crippen LogP) is 3.24. The highest BCUT2D eigenvalue weighted by atomic mass is 16.2. The molecule has 1 amide bonds. The number of hydrogen-bond donors (Lipinski definition) is 1. The summed E-state index contributed by atoms with van der Waals surface area (Å²) in [5, 5.41) is 2.88. The van der Waals surface area contributed by atoms with E-state index in [1.807, 2.05) is 42.7 Å². The Morgan fingerprint density at radius 3 is 2.46 bits per heavy atom. The first-order valence-electron chi connectivity index (χ1n) is 8.67. The van der Waals surface area contributed by atoms with Crippen LogP contribution in [0.1, 0.15) is 40.6 Å². The summed E-state index contributed by atoms with van der Waals surface area (Å²) >= 11 is 0. The normalized spacial score (nSPS) is 13.6. The fourth-order valence-electron chi connectivity index (χ4n) is 2.94. The molecule has 4 rings (SSSR count). The molecule has 1 saturated carbocycles. The SMILES string of the molecule is Cc1ncn(-c2ccc(NC(=O)c3ccc(=O)n(C4CC4)c3)cc2)c1C. The fourth-order valence-corrected chi connectivity index (χ4v) is 2.94. The number of pyridine rings is 1. The number of nitrogens with zero attached hydrogens (tertiary/aromatic N) is 3. The zero-order valence-corrected chi connectivity index (χ0v) is 14.8. The molecular weight excluding hydrogens is 328 g/mol. The highest BCUT2D eigenvalue weighted by molar-refractivity contribution is 6.04. The number of aryl methyl sites for hydroxylation is 1. The number of amides is 1. The maximum atomic E-state index is 12.5. The smallest absolute Gasteiger partial charge is 0.257 e. The highest BCUT2D eigenvalue weighted by Crippen LogP contribution is 2.33. The van der Waals surface area contributed by atoms with Crippen molar-refractivity contribution in [2.75, 3.05) is 5.32 Å². The summed E-state index contributed by atoms with van der Waals surface area (Å²) in [6, 6.07) is 10.9. The first kappa shape index (κ1) is 16.3. The molecule has 1 fully saturated rings. The van der Waals surface area contributed by atoms with E-state index < -0.39 is 0 Å². The van der Waals surface area contributed by atoms with E-state index in [1.165, 1.54) is 6.07 Å². The van der Waals surface area contributed by atoms with Crippen molar-refractivity contribution >= 4 is 11.6 Å². The summed E-state index contributed by atoms with van der Waals surface area (Å²) in [6.45, 7) is 3.99. The minimum Gasteiger partial charge on any atom is -0.322 e. The molecule has 0 spiro atoms. The van der Waals surface area contributed by atoms with Gasteiger partial charge < -0.3 is 14.5 Å². The van der Waals surface area contributed by atoms with Crippen LogP contribution in [0, 0.1) is 13.8 Å². The van der Waals surface area contributed by atoms with Crippen LogP contribution in [-0.2, 0) is 0 Å². The van der Waals surface area contributed by atoms with Crippen molar-refractivity contribution in [2.24, 2.45) is 0 Å². The zero-order chi connectivity index (χ0) is 18.3. The maximum Gasteiger partial charge on any atom is 0.257 e. The molecule has 0 bridgehead atoms. The second-order valence-corrected chi connectivity index (χ2v) is 6.68. The van der Waals surface area contributed by atoms with Gasteiger partial charge in [0.05, 0.1) is 17.6 Å². The molecule has 132 valence electrons. The molecule has 2 heterocycles. The molecule has 1 N–H and O–H groups in total. The van der Waals surface area contributed by atoms with Gasteiger partial charge in [0.1, 0.15) is 0 Å². The topological polar surface area (TPSA) is 68.9 Å². The van der Waals surface area contributed by atoms with Crippen molar-refractivity contribution in [1.29, 1.82) is 0 Å². The lowest BCUT2D eigenvalue weighted by Gasteiger charge is -2.10. The lowest BCUT2D eigenvalue weighted by Crippen LogP contribution is -2.21. The van der Waals surface area contributed by atoms with E-state index in [9.17, 15) is 9.59 Å². The van der Waals surface area contributed by atoms with Gasteiger partial charge in [-0.2, -0.15) is 0 Å². The summed E-state index contributed by atoms with van der Waals surface area (Å²) < 4.78 is 3.66. The van der Waals surface area contributed by atoms with Crippen LogP contribution in [0.5, 0.6) is 0 Å². The molecule has 26 heavy (non-hydrogen) atoms. The molecular formula is C20H20N4O2. The molecule has 0 atom stereocenters. The van der Waals surface area contributed by atoms with Crippen molar-refractivity contribution < 1.29 is 4.79 Å². The van der Waals surface area contributed by atoms with E-state index in [-0.39, 0.29) is 17.5 Å². The Morgan fingerprint density at radius 2 is 1.85 bits per heavy atom. The van der Waals surface area contributed by atoms with Crippen molar-refractivity contribution in [3.8, 4) is 5.69 Å². The van der Waals surface area contributed by atoms with Crippen LogP contribution in [0.4, 0.5) is 5.69 Å². The number of rotatable bonds is 4. The van der Waals surface area contributed by atoms with Gasteiger partial charge in [-0.3, -0.25) is 9.59 Å². The Hall–Kier alpha value is -3.15. The van der Waals surface area contributed by atoms with Crippen LogP contribution in [0.25, 0.3) is 5.69 Å². The number of hydrogen-bond acceptors (Lipinski definition) is 3. The summed E-state index contributed by atoms with van der Waals surface area (Å²) in [5.41, 5.74) is 4.21. The molecule has 6 nitrogen and oxygen atoms in total. The van der Waals surface area contributed by atoms with Crippen molar-refractivity contribution in [3.63, 3.8) is 0 Å². The van der Waals surface area contributed by atoms with Gasteiger partial charge in [-0.15, -0.1) is 0 Å². The zero-order valence-electron chi connectivity index (χ0n) is 14.8. The number of imidazole rings is 1. The van der Waals surface area contributed by atoms with Crippen molar-refractivity contribution in [3.05, 3.63) is 76.2 Å². The molecule has 0 aliphatic heterocycles. The fraction of sp³-hybridized carbons (Fsp3) is 0.250. The molecule has 0 radical (unpaired) electrons. The van der Waals surface area contributed by atoms with Crippen LogP contribution in [0.15, 0.2) is 53.7 Å². The van der Waals surface area contributed by atoms with Gasteiger partial charge in [-0.25, -0.2) is 4.98 Å².